The van der Waals surface area contributed by atoms with E-state index in [9.17, 15) is 4.79 Å². The Labute approximate surface area is 138 Å². The molecule has 2 aromatic carbocycles. The minimum atomic E-state index is -0.476. The van der Waals surface area contributed by atoms with Crippen LogP contribution in [0.1, 0.15) is 21.5 Å². The quantitative estimate of drug-likeness (QED) is 0.446. The number of esters is 1. The summed E-state index contributed by atoms with van der Waals surface area (Å²) in [5, 5.41) is 1.27. The minimum Gasteiger partial charge on any atom is -0.457 e. The Morgan fingerprint density at radius 3 is 2.83 bits per heavy atom. The molecular formula is C18H15ClN2O2. The number of pyridine rings is 1. The molecule has 0 atom stereocenters. The fraction of sp³-hybridized carbons (Fsp3) is 0.111. The van der Waals surface area contributed by atoms with Crippen LogP contribution in [0.2, 0.25) is 5.15 Å². The number of benzene rings is 2. The molecule has 1 aromatic heterocycles. The van der Waals surface area contributed by atoms with Gasteiger partial charge >= 0.3 is 5.97 Å². The predicted octanol–water partition coefficient (Wildman–Crippen LogP) is 4.14. The van der Waals surface area contributed by atoms with Gasteiger partial charge in [0.25, 0.3) is 0 Å². The summed E-state index contributed by atoms with van der Waals surface area (Å²) in [5.74, 6) is -0.476. The van der Waals surface area contributed by atoms with Gasteiger partial charge in [-0.1, -0.05) is 41.9 Å². The van der Waals surface area contributed by atoms with Gasteiger partial charge in [0.1, 0.15) is 11.8 Å². The van der Waals surface area contributed by atoms with Crippen molar-refractivity contribution in [3.8, 4) is 0 Å². The molecule has 23 heavy (non-hydrogen) atoms. The minimum absolute atomic E-state index is 0.0445. The zero-order valence-corrected chi connectivity index (χ0v) is 13.3. The Hall–Kier alpha value is -2.59. The van der Waals surface area contributed by atoms with E-state index in [1.165, 1.54) is 0 Å². The molecule has 2 N–H and O–H groups in total. The molecule has 0 fully saturated rings. The topological polar surface area (TPSA) is 65.2 Å². The van der Waals surface area contributed by atoms with E-state index < -0.39 is 5.97 Å². The summed E-state index contributed by atoms with van der Waals surface area (Å²) >= 11 is 6.16. The van der Waals surface area contributed by atoms with Crippen LogP contribution >= 0.6 is 11.6 Å². The molecule has 3 aromatic rings. The van der Waals surface area contributed by atoms with Crippen molar-refractivity contribution in [2.24, 2.45) is 0 Å². The maximum atomic E-state index is 12.2. The molecule has 1 heterocycles. The van der Waals surface area contributed by atoms with Crippen molar-refractivity contribution < 1.29 is 9.53 Å². The summed E-state index contributed by atoms with van der Waals surface area (Å²) in [6, 6.07) is 14.8. The van der Waals surface area contributed by atoms with Gasteiger partial charge in [0.15, 0.2) is 0 Å². The van der Waals surface area contributed by atoms with Crippen LogP contribution in [-0.2, 0) is 11.3 Å². The lowest BCUT2D eigenvalue weighted by molar-refractivity contribution is 0.0474. The summed E-state index contributed by atoms with van der Waals surface area (Å²) in [5.41, 5.74) is 9.00. The lowest BCUT2D eigenvalue weighted by Crippen LogP contribution is -2.09. The van der Waals surface area contributed by atoms with Crippen LogP contribution in [0.3, 0.4) is 0 Å². The second-order valence-electron chi connectivity index (χ2n) is 5.24. The molecule has 0 radical (unpaired) electrons. The molecule has 0 aliphatic heterocycles. The number of nitrogen functional groups attached to an aromatic ring is 1. The molecular weight excluding hydrogens is 312 g/mol. The fourth-order valence-electron chi connectivity index (χ4n) is 2.32. The van der Waals surface area contributed by atoms with Crippen LogP contribution < -0.4 is 5.73 Å². The highest BCUT2D eigenvalue weighted by Gasteiger charge is 2.14. The second-order valence-corrected chi connectivity index (χ2v) is 5.60. The third kappa shape index (κ3) is 3.12. The number of anilines is 1. The number of rotatable bonds is 3. The largest absolute Gasteiger partial charge is 0.457 e. The van der Waals surface area contributed by atoms with Crippen molar-refractivity contribution in [3.63, 3.8) is 0 Å². The van der Waals surface area contributed by atoms with E-state index in [1.807, 2.05) is 43.3 Å². The molecule has 0 spiro atoms. The Bertz CT molecular complexity index is 893. The number of para-hydroxylation sites is 2. The van der Waals surface area contributed by atoms with Crippen LogP contribution in [0.5, 0.6) is 0 Å². The molecule has 116 valence electrons. The van der Waals surface area contributed by atoms with E-state index in [-0.39, 0.29) is 6.61 Å². The van der Waals surface area contributed by atoms with Crippen molar-refractivity contribution in [2.75, 3.05) is 5.73 Å². The van der Waals surface area contributed by atoms with E-state index in [1.54, 1.807) is 12.1 Å². The molecule has 0 aliphatic rings. The molecule has 5 heteroatoms. The first-order valence-electron chi connectivity index (χ1n) is 7.12. The van der Waals surface area contributed by atoms with Crippen molar-refractivity contribution in [1.29, 1.82) is 0 Å². The Balaban J connectivity index is 1.81. The number of nitrogens with zero attached hydrogens (tertiary/aromatic N) is 1. The van der Waals surface area contributed by atoms with Gasteiger partial charge in [-0.25, -0.2) is 9.78 Å². The van der Waals surface area contributed by atoms with Gasteiger partial charge in [0.05, 0.1) is 11.1 Å². The molecule has 0 amide bonds. The molecule has 0 saturated carbocycles. The van der Waals surface area contributed by atoms with E-state index in [2.05, 4.69) is 4.98 Å². The summed E-state index contributed by atoms with van der Waals surface area (Å²) in [7, 11) is 0. The van der Waals surface area contributed by atoms with Crippen LogP contribution in [0.4, 0.5) is 5.69 Å². The van der Waals surface area contributed by atoms with Gasteiger partial charge < -0.3 is 10.5 Å². The van der Waals surface area contributed by atoms with Crippen LogP contribution in [0.25, 0.3) is 10.9 Å². The lowest BCUT2D eigenvalue weighted by Gasteiger charge is -2.10. The zero-order valence-electron chi connectivity index (χ0n) is 12.5. The SMILES string of the molecule is Cc1cccc(C(=O)OCc2cc3ccccc3nc2Cl)c1N. The van der Waals surface area contributed by atoms with Crippen molar-refractivity contribution >= 4 is 34.2 Å². The third-order valence-electron chi connectivity index (χ3n) is 3.65. The van der Waals surface area contributed by atoms with E-state index >= 15 is 0 Å². The van der Waals surface area contributed by atoms with Gasteiger partial charge in [-0.3, -0.25) is 0 Å². The zero-order chi connectivity index (χ0) is 16.4. The first-order valence-corrected chi connectivity index (χ1v) is 7.50. The van der Waals surface area contributed by atoms with Gasteiger partial charge in [-0.05, 0) is 30.7 Å². The van der Waals surface area contributed by atoms with Gasteiger partial charge in [-0.2, -0.15) is 0 Å². The number of carbonyl (C=O) groups is 1. The van der Waals surface area contributed by atoms with Crippen LogP contribution in [0, 0.1) is 6.92 Å². The Morgan fingerprint density at radius 1 is 1.22 bits per heavy atom. The lowest BCUT2D eigenvalue weighted by atomic mass is 10.1. The predicted molar refractivity (Wildman–Crippen MR) is 91.5 cm³/mol. The van der Waals surface area contributed by atoms with Gasteiger partial charge in [0.2, 0.25) is 0 Å². The fourth-order valence-corrected chi connectivity index (χ4v) is 2.52. The number of hydrogen-bond donors (Lipinski definition) is 1. The number of nitrogens with two attached hydrogens (primary N) is 1. The molecule has 3 rings (SSSR count). The maximum absolute atomic E-state index is 12.2. The van der Waals surface area contributed by atoms with E-state index in [0.29, 0.717) is 22.0 Å². The van der Waals surface area contributed by atoms with Crippen LogP contribution in [0.15, 0.2) is 48.5 Å². The van der Waals surface area contributed by atoms with Crippen molar-refractivity contribution in [1.82, 2.24) is 4.98 Å². The average molecular weight is 327 g/mol. The second kappa shape index (κ2) is 6.26. The number of halogens is 1. The third-order valence-corrected chi connectivity index (χ3v) is 3.98. The van der Waals surface area contributed by atoms with Gasteiger partial charge in [0, 0.05) is 16.6 Å². The Kier molecular flexibility index (Phi) is 4.17. The highest BCUT2D eigenvalue weighted by atomic mass is 35.5. The molecule has 0 aliphatic carbocycles. The molecule has 0 bridgehead atoms. The van der Waals surface area contributed by atoms with E-state index in [4.69, 9.17) is 22.1 Å². The first-order chi connectivity index (χ1) is 11.1. The molecule has 4 nitrogen and oxygen atoms in total. The normalized spacial score (nSPS) is 10.7. The summed E-state index contributed by atoms with van der Waals surface area (Å²) < 4.78 is 5.34. The highest BCUT2D eigenvalue weighted by molar-refractivity contribution is 6.30. The number of carbonyl (C=O) groups excluding carboxylic acids is 1. The molecule has 0 unspecified atom stereocenters. The summed E-state index contributed by atoms with van der Waals surface area (Å²) in [4.78, 5) is 16.5. The summed E-state index contributed by atoms with van der Waals surface area (Å²) in [6.07, 6.45) is 0. The smallest absolute Gasteiger partial charge is 0.340 e. The monoisotopic (exact) mass is 326 g/mol. The number of ether oxygens (including phenoxy) is 1. The van der Waals surface area contributed by atoms with E-state index in [0.717, 1.165) is 16.5 Å². The standard InChI is InChI=1S/C18H15ClN2O2/c1-11-5-4-7-14(16(11)20)18(22)23-10-13-9-12-6-2-3-8-15(12)21-17(13)19/h2-9H,10,20H2,1H3. The van der Waals surface area contributed by atoms with Crippen molar-refractivity contribution in [3.05, 3.63) is 70.4 Å². The first kappa shape index (κ1) is 15.3. The number of aryl methyl sites for hydroxylation is 1. The maximum Gasteiger partial charge on any atom is 0.340 e. The highest BCUT2D eigenvalue weighted by Crippen LogP contribution is 2.22. The van der Waals surface area contributed by atoms with Gasteiger partial charge in [-0.15, -0.1) is 0 Å². The summed E-state index contributed by atoms with van der Waals surface area (Å²) in [6.45, 7) is 1.89. The number of fused-ring (bicyclic) bond motifs is 1. The average Bonchev–Trinajstić information content (AvgIpc) is 2.55. The number of hydrogen-bond acceptors (Lipinski definition) is 4. The Morgan fingerprint density at radius 2 is 2.00 bits per heavy atom. The van der Waals surface area contributed by atoms with Crippen molar-refractivity contribution in [2.45, 2.75) is 13.5 Å². The number of aromatic nitrogens is 1. The van der Waals surface area contributed by atoms with Crippen LogP contribution in [-0.4, -0.2) is 11.0 Å². The molecule has 0 saturated heterocycles.